The molecule has 2 aromatic carbocycles. The second-order valence-electron chi connectivity index (χ2n) is 4.50. The van der Waals surface area contributed by atoms with E-state index in [0.717, 1.165) is 0 Å². The molecular formula is C15H13Cl2NO3S. The molecule has 4 nitrogen and oxygen atoms in total. The average Bonchev–Trinajstić information content (AvgIpc) is 2.43. The summed E-state index contributed by atoms with van der Waals surface area (Å²) in [6.45, 7) is 0. The van der Waals surface area contributed by atoms with E-state index in [4.69, 9.17) is 33.7 Å². The lowest BCUT2D eigenvalue weighted by Gasteiger charge is -2.11. The van der Waals surface area contributed by atoms with Crippen LogP contribution in [0.2, 0.25) is 10.0 Å². The molecule has 0 heterocycles. The Morgan fingerprint density at radius 2 is 1.77 bits per heavy atom. The van der Waals surface area contributed by atoms with Crippen LogP contribution in [0.15, 0.2) is 42.5 Å². The lowest BCUT2D eigenvalue weighted by atomic mass is 10.2. The van der Waals surface area contributed by atoms with Gasteiger partial charge in [-0.3, -0.25) is 4.79 Å². The van der Waals surface area contributed by atoms with E-state index in [1.165, 1.54) is 0 Å². The predicted octanol–water partition coefficient (Wildman–Crippen LogP) is 3.52. The maximum atomic E-state index is 11.7. The molecule has 1 unspecified atom stereocenters. The third-order valence-corrected chi connectivity index (χ3v) is 4.54. The Morgan fingerprint density at radius 3 is 2.36 bits per heavy atom. The van der Waals surface area contributed by atoms with Crippen molar-refractivity contribution in [1.82, 2.24) is 0 Å². The molecule has 0 saturated carbocycles. The Hall–Kier alpha value is -1.40. The van der Waals surface area contributed by atoms with E-state index in [9.17, 15) is 9.35 Å². The number of carbonyl (C=O) groups excluding carboxylic acids is 1. The van der Waals surface area contributed by atoms with Gasteiger partial charge in [0.25, 0.3) is 5.91 Å². The number of rotatable bonds is 6. The van der Waals surface area contributed by atoms with Crippen LogP contribution in [0, 0.1) is 0 Å². The fourth-order valence-electron chi connectivity index (χ4n) is 1.73. The zero-order chi connectivity index (χ0) is 16.1. The van der Waals surface area contributed by atoms with E-state index < -0.39 is 17.1 Å². The van der Waals surface area contributed by atoms with E-state index in [1.807, 2.05) is 0 Å². The van der Waals surface area contributed by atoms with Gasteiger partial charge in [-0.25, -0.2) is 0 Å². The van der Waals surface area contributed by atoms with Gasteiger partial charge in [0.15, 0.2) is 5.75 Å². The minimum atomic E-state index is -1.37. The smallest absolute Gasteiger partial charge is 0.267 e. The molecule has 0 radical (unpaired) electrons. The Kier molecular flexibility index (Phi) is 5.97. The third kappa shape index (κ3) is 5.10. The van der Waals surface area contributed by atoms with Crippen LogP contribution in [0.1, 0.15) is 5.56 Å². The van der Waals surface area contributed by atoms with Crippen molar-refractivity contribution in [1.29, 1.82) is 0 Å². The molecule has 0 saturated heterocycles. The van der Waals surface area contributed by atoms with Crippen molar-refractivity contribution in [2.24, 2.45) is 5.73 Å². The number of nitrogens with two attached hydrogens (primary N) is 1. The molecule has 22 heavy (non-hydrogen) atoms. The fraction of sp³-hybridized carbons (Fsp3) is 0.133. The van der Waals surface area contributed by atoms with Gasteiger partial charge >= 0.3 is 0 Å². The van der Waals surface area contributed by atoms with Gasteiger partial charge in [0.2, 0.25) is 0 Å². The number of ether oxygens (including phenoxy) is 1. The highest BCUT2D eigenvalue weighted by Crippen LogP contribution is 2.28. The van der Waals surface area contributed by atoms with Gasteiger partial charge in [-0.1, -0.05) is 23.2 Å². The van der Waals surface area contributed by atoms with Crippen molar-refractivity contribution in [3.05, 3.63) is 58.1 Å². The number of benzene rings is 2. The average molecular weight is 358 g/mol. The third-order valence-electron chi connectivity index (χ3n) is 2.69. The summed E-state index contributed by atoms with van der Waals surface area (Å²) in [4.78, 5) is 10.7. The first-order valence-electron chi connectivity index (χ1n) is 6.29. The van der Waals surface area contributed by atoms with Crippen molar-refractivity contribution in [3.63, 3.8) is 0 Å². The van der Waals surface area contributed by atoms with E-state index in [-0.39, 0.29) is 11.5 Å². The molecule has 116 valence electrons. The fourth-order valence-corrected chi connectivity index (χ4v) is 3.19. The largest absolute Gasteiger partial charge is 0.616 e. The summed E-state index contributed by atoms with van der Waals surface area (Å²) in [5.41, 5.74) is 5.68. The van der Waals surface area contributed by atoms with Crippen molar-refractivity contribution >= 4 is 40.3 Å². The minimum Gasteiger partial charge on any atom is -0.616 e. The molecule has 0 aromatic heterocycles. The molecule has 7 heteroatoms. The predicted molar refractivity (Wildman–Crippen MR) is 88.9 cm³/mol. The van der Waals surface area contributed by atoms with Gasteiger partial charge in [0, 0.05) is 10.6 Å². The van der Waals surface area contributed by atoms with Crippen molar-refractivity contribution in [2.75, 3.05) is 5.75 Å². The topological polar surface area (TPSA) is 75.4 Å². The van der Waals surface area contributed by atoms with E-state index in [1.54, 1.807) is 42.5 Å². The molecule has 0 aliphatic heterocycles. The maximum absolute atomic E-state index is 11.7. The Balaban J connectivity index is 2.05. The first-order valence-corrected chi connectivity index (χ1v) is 8.53. The van der Waals surface area contributed by atoms with Crippen LogP contribution in [-0.2, 0) is 21.7 Å². The molecular weight excluding hydrogens is 345 g/mol. The first-order chi connectivity index (χ1) is 10.4. The van der Waals surface area contributed by atoms with Gasteiger partial charge < -0.3 is 15.0 Å². The van der Waals surface area contributed by atoms with Gasteiger partial charge in [0.1, 0.15) is 17.3 Å². The zero-order valence-corrected chi connectivity index (χ0v) is 13.8. The molecule has 0 aliphatic rings. The van der Waals surface area contributed by atoms with E-state index in [0.29, 0.717) is 27.1 Å². The Morgan fingerprint density at radius 1 is 1.14 bits per heavy atom. The summed E-state index contributed by atoms with van der Waals surface area (Å²) in [5, 5.41) is 1.04. The standard InChI is InChI=1S/C15H13Cl2NO3S/c16-11-2-5-12(6-3-11)21-13-4-1-10(14(17)7-13)8-22(20)9-15(18)19/h1-7H,8-9H2,(H2,18,19). The normalized spacial score (nSPS) is 12.0. The number of carbonyl (C=O) groups is 1. The second kappa shape index (κ2) is 7.74. The highest BCUT2D eigenvalue weighted by Gasteiger charge is 2.14. The summed E-state index contributed by atoms with van der Waals surface area (Å²) < 4.78 is 17.3. The number of amides is 1. The summed E-state index contributed by atoms with van der Waals surface area (Å²) >= 11 is 10.6. The van der Waals surface area contributed by atoms with Crippen molar-refractivity contribution in [3.8, 4) is 11.5 Å². The van der Waals surface area contributed by atoms with Crippen LogP contribution >= 0.6 is 23.2 Å². The van der Waals surface area contributed by atoms with Crippen LogP contribution < -0.4 is 10.5 Å². The molecule has 1 atom stereocenters. The monoisotopic (exact) mass is 357 g/mol. The van der Waals surface area contributed by atoms with Gasteiger partial charge in [0.05, 0.1) is 5.02 Å². The van der Waals surface area contributed by atoms with Crippen molar-refractivity contribution in [2.45, 2.75) is 5.75 Å². The van der Waals surface area contributed by atoms with Gasteiger partial charge in [-0.2, -0.15) is 0 Å². The van der Waals surface area contributed by atoms with Crippen LogP contribution in [-0.4, -0.2) is 16.2 Å². The molecule has 1 amide bonds. The van der Waals surface area contributed by atoms with Crippen LogP contribution in [0.3, 0.4) is 0 Å². The molecule has 2 aromatic rings. The number of halogens is 2. The SMILES string of the molecule is NC(=O)C[S+]([O-])Cc1ccc(Oc2ccc(Cl)cc2)cc1Cl. The molecule has 2 N–H and O–H groups in total. The summed E-state index contributed by atoms with van der Waals surface area (Å²) in [5.74, 6) is 0.571. The van der Waals surface area contributed by atoms with Crippen molar-refractivity contribution < 1.29 is 14.1 Å². The summed E-state index contributed by atoms with van der Waals surface area (Å²) in [6, 6.07) is 12.0. The van der Waals surface area contributed by atoms with Gasteiger partial charge in [-0.05, 0) is 53.6 Å². The van der Waals surface area contributed by atoms with Gasteiger partial charge in [-0.15, -0.1) is 0 Å². The molecule has 2 rings (SSSR count). The van der Waals surface area contributed by atoms with E-state index >= 15 is 0 Å². The number of hydrogen-bond acceptors (Lipinski definition) is 3. The summed E-state index contributed by atoms with van der Waals surface area (Å²) in [7, 11) is 0. The lowest BCUT2D eigenvalue weighted by Crippen LogP contribution is -2.24. The Labute approximate surface area is 141 Å². The minimum absolute atomic E-state index is 0.170. The highest BCUT2D eigenvalue weighted by atomic mass is 35.5. The Bertz CT molecular complexity index is 664. The number of primary amides is 1. The quantitative estimate of drug-likeness (QED) is 0.803. The highest BCUT2D eigenvalue weighted by molar-refractivity contribution is 7.91. The second-order valence-corrected chi connectivity index (χ2v) is 6.80. The van der Waals surface area contributed by atoms with Crippen LogP contribution in [0.25, 0.3) is 0 Å². The molecule has 0 aliphatic carbocycles. The van der Waals surface area contributed by atoms with Crippen LogP contribution in [0.4, 0.5) is 0 Å². The lowest BCUT2D eigenvalue weighted by molar-refractivity contribution is -0.115. The zero-order valence-electron chi connectivity index (χ0n) is 11.4. The summed E-state index contributed by atoms with van der Waals surface area (Å²) in [6.07, 6.45) is 0. The van der Waals surface area contributed by atoms with Crippen LogP contribution in [0.5, 0.6) is 11.5 Å². The number of hydrogen-bond donors (Lipinski definition) is 1. The van der Waals surface area contributed by atoms with E-state index in [2.05, 4.69) is 0 Å². The first kappa shape index (κ1) is 17.0. The molecule has 0 fully saturated rings. The maximum Gasteiger partial charge on any atom is 0.267 e. The molecule has 0 spiro atoms. The molecule has 0 bridgehead atoms.